The van der Waals surface area contributed by atoms with Gasteiger partial charge in [0.05, 0.1) is 0 Å². The molecule has 1 aliphatic rings. The van der Waals surface area contributed by atoms with Crippen molar-refractivity contribution in [1.29, 1.82) is 0 Å². The van der Waals surface area contributed by atoms with Gasteiger partial charge in [-0.25, -0.2) is 4.98 Å². The molecule has 1 fully saturated rings. The van der Waals surface area contributed by atoms with Crippen molar-refractivity contribution in [3.8, 4) is 0 Å². The van der Waals surface area contributed by atoms with Gasteiger partial charge in [0.1, 0.15) is 5.65 Å². The first kappa shape index (κ1) is 12.1. The van der Waals surface area contributed by atoms with Crippen LogP contribution in [0.3, 0.4) is 0 Å². The number of aromatic amines is 1. The zero-order valence-corrected chi connectivity index (χ0v) is 11.3. The molecule has 96 valence electrons. The van der Waals surface area contributed by atoms with E-state index < -0.39 is 0 Å². The summed E-state index contributed by atoms with van der Waals surface area (Å²) in [5.41, 5.74) is 2.31. The third-order valence-electron chi connectivity index (χ3n) is 3.63. The lowest BCUT2D eigenvalue weighted by Crippen LogP contribution is -2.25. The second-order valence-electron chi connectivity index (χ2n) is 4.90. The molecule has 18 heavy (non-hydrogen) atoms. The maximum absolute atomic E-state index is 4.31. The zero-order valence-electron chi connectivity index (χ0n) is 10.5. The van der Waals surface area contributed by atoms with Gasteiger partial charge in [-0.15, -0.1) is 0 Å². The highest BCUT2D eigenvalue weighted by atomic mass is 32.2. The van der Waals surface area contributed by atoms with Crippen LogP contribution < -0.4 is 5.32 Å². The molecule has 0 unspecified atom stereocenters. The molecule has 0 saturated carbocycles. The molecule has 3 heterocycles. The van der Waals surface area contributed by atoms with Gasteiger partial charge in [0.2, 0.25) is 0 Å². The first-order valence-electron chi connectivity index (χ1n) is 6.63. The Morgan fingerprint density at radius 1 is 1.39 bits per heavy atom. The first-order chi connectivity index (χ1) is 8.93. The molecule has 3 rings (SSSR count). The molecular formula is C14H19N3S. The average molecular weight is 261 g/mol. The van der Waals surface area contributed by atoms with Crippen LogP contribution >= 0.6 is 11.8 Å². The van der Waals surface area contributed by atoms with Crippen molar-refractivity contribution in [1.82, 2.24) is 15.3 Å². The van der Waals surface area contributed by atoms with E-state index in [4.69, 9.17) is 0 Å². The average Bonchev–Trinajstić information content (AvgIpc) is 2.84. The highest BCUT2D eigenvalue weighted by Crippen LogP contribution is 2.22. The standard InChI is InChI=1S/C14H19N3S/c1-2-13-12(10-17-14(13)16-5-1)9-15-8-11-3-6-18-7-4-11/h1-2,5,10-11,15H,3-4,6-9H2,(H,16,17). The minimum Gasteiger partial charge on any atom is -0.346 e. The quantitative estimate of drug-likeness (QED) is 0.889. The minimum atomic E-state index is 0.870. The molecule has 0 bridgehead atoms. The number of aromatic nitrogens is 2. The SMILES string of the molecule is c1cnc2[nH]cc(CNCC3CCSCC3)c2c1. The smallest absolute Gasteiger partial charge is 0.137 e. The fourth-order valence-electron chi connectivity index (χ4n) is 2.52. The lowest BCUT2D eigenvalue weighted by molar-refractivity contribution is 0.448. The Kier molecular flexibility index (Phi) is 3.86. The number of fused-ring (bicyclic) bond motifs is 1. The topological polar surface area (TPSA) is 40.7 Å². The van der Waals surface area contributed by atoms with E-state index in [2.05, 4.69) is 39.3 Å². The molecule has 2 aromatic heterocycles. The van der Waals surface area contributed by atoms with Crippen molar-refractivity contribution in [2.45, 2.75) is 19.4 Å². The Hall–Kier alpha value is -1.00. The fourth-order valence-corrected chi connectivity index (χ4v) is 3.72. The number of hydrogen-bond donors (Lipinski definition) is 2. The molecule has 0 aromatic carbocycles. The number of rotatable bonds is 4. The van der Waals surface area contributed by atoms with Crippen LogP contribution in [0.2, 0.25) is 0 Å². The van der Waals surface area contributed by atoms with E-state index in [0.29, 0.717) is 0 Å². The first-order valence-corrected chi connectivity index (χ1v) is 7.78. The van der Waals surface area contributed by atoms with Crippen LogP contribution in [-0.2, 0) is 6.54 Å². The van der Waals surface area contributed by atoms with Crippen molar-refractivity contribution in [3.63, 3.8) is 0 Å². The Morgan fingerprint density at radius 2 is 2.28 bits per heavy atom. The molecule has 0 radical (unpaired) electrons. The van der Waals surface area contributed by atoms with Gasteiger partial charge in [0.15, 0.2) is 0 Å². The summed E-state index contributed by atoms with van der Waals surface area (Å²) >= 11 is 2.09. The van der Waals surface area contributed by atoms with Crippen LogP contribution in [0.5, 0.6) is 0 Å². The number of nitrogens with zero attached hydrogens (tertiary/aromatic N) is 1. The van der Waals surface area contributed by atoms with E-state index in [1.807, 2.05) is 12.3 Å². The third kappa shape index (κ3) is 2.70. The summed E-state index contributed by atoms with van der Waals surface area (Å²) in [5.74, 6) is 3.54. The molecule has 1 aliphatic heterocycles. The fraction of sp³-hybridized carbons (Fsp3) is 0.500. The van der Waals surface area contributed by atoms with Crippen LogP contribution in [0, 0.1) is 5.92 Å². The monoisotopic (exact) mass is 261 g/mol. The van der Waals surface area contributed by atoms with Gasteiger partial charge in [0.25, 0.3) is 0 Å². The van der Waals surface area contributed by atoms with Crippen LogP contribution in [0.15, 0.2) is 24.5 Å². The van der Waals surface area contributed by atoms with Crippen LogP contribution in [0.25, 0.3) is 11.0 Å². The third-order valence-corrected chi connectivity index (χ3v) is 4.67. The maximum Gasteiger partial charge on any atom is 0.137 e. The number of hydrogen-bond acceptors (Lipinski definition) is 3. The summed E-state index contributed by atoms with van der Waals surface area (Å²) in [6.07, 6.45) is 6.64. The molecule has 2 N–H and O–H groups in total. The van der Waals surface area contributed by atoms with E-state index >= 15 is 0 Å². The van der Waals surface area contributed by atoms with Crippen LogP contribution in [-0.4, -0.2) is 28.0 Å². The van der Waals surface area contributed by atoms with Crippen LogP contribution in [0.4, 0.5) is 0 Å². The molecule has 4 heteroatoms. The zero-order chi connectivity index (χ0) is 12.2. The molecule has 3 nitrogen and oxygen atoms in total. The summed E-state index contributed by atoms with van der Waals surface area (Å²) in [5, 5.41) is 4.83. The Morgan fingerprint density at radius 3 is 3.17 bits per heavy atom. The summed E-state index contributed by atoms with van der Waals surface area (Å²) in [4.78, 5) is 7.54. The predicted octanol–water partition coefficient (Wildman–Crippen LogP) is 2.80. The van der Waals surface area contributed by atoms with Gasteiger partial charge in [-0.1, -0.05) is 0 Å². The number of nitrogens with one attached hydrogen (secondary N) is 2. The molecule has 1 saturated heterocycles. The second-order valence-corrected chi connectivity index (χ2v) is 6.12. The van der Waals surface area contributed by atoms with E-state index in [1.54, 1.807) is 0 Å². The minimum absolute atomic E-state index is 0.870. The highest BCUT2D eigenvalue weighted by molar-refractivity contribution is 7.99. The molecular weight excluding hydrogens is 242 g/mol. The van der Waals surface area contributed by atoms with E-state index in [1.165, 1.54) is 35.3 Å². The van der Waals surface area contributed by atoms with Crippen molar-refractivity contribution in [2.75, 3.05) is 18.1 Å². The van der Waals surface area contributed by atoms with Gasteiger partial charge in [-0.3, -0.25) is 0 Å². The van der Waals surface area contributed by atoms with Crippen molar-refractivity contribution in [3.05, 3.63) is 30.1 Å². The van der Waals surface area contributed by atoms with Gasteiger partial charge < -0.3 is 10.3 Å². The van der Waals surface area contributed by atoms with Crippen molar-refractivity contribution < 1.29 is 0 Å². The molecule has 0 amide bonds. The molecule has 0 atom stereocenters. The molecule has 2 aromatic rings. The Labute approximate surface area is 112 Å². The molecule has 0 spiro atoms. The number of thioether (sulfide) groups is 1. The van der Waals surface area contributed by atoms with E-state index in [-0.39, 0.29) is 0 Å². The summed E-state index contributed by atoms with van der Waals surface area (Å²) in [7, 11) is 0. The van der Waals surface area contributed by atoms with Crippen molar-refractivity contribution in [2.24, 2.45) is 5.92 Å². The van der Waals surface area contributed by atoms with Crippen LogP contribution in [0.1, 0.15) is 18.4 Å². The second kappa shape index (κ2) is 5.76. The maximum atomic E-state index is 4.31. The van der Waals surface area contributed by atoms with Gasteiger partial charge in [-0.05, 0) is 54.5 Å². The molecule has 0 aliphatic carbocycles. The normalized spacial score (nSPS) is 17.3. The van der Waals surface area contributed by atoms with Gasteiger partial charge in [0, 0.05) is 24.3 Å². The summed E-state index contributed by atoms with van der Waals surface area (Å²) in [6.45, 7) is 2.09. The van der Waals surface area contributed by atoms with E-state index in [0.717, 1.165) is 24.7 Å². The summed E-state index contributed by atoms with van der Waals surface area (Å²) < 4.78 is 0. The van der Waals surface area contributed by atoms with Gasteiger partial charge >= 0.3 is 0 Å². The lowest BCUT2D eigenvalue weighted by Gasteiger charge is -2.21. The largest absolute Gasteiger partial charge is 0.346 e. The Balaban J connectivity index is 1.56. The highest BCUT2D eigenvalue weighted by Gasteiger charge is 2.13. The number of H-pyrrole nitrogens is 1. The summed E-state index contributed by atoms with van der Waals surface area (Å²) in [6, 6.07) is 4.13. The Bertz CT molecular complexity index is 502. The van der Waals surface area contributed by atoms with Gasteiger partial charge in [-0.2, -0.15) is 11.8 Å². The lowest BCUT2D eigenvalue weighted by atomic mass is 10.0. The van der Waals surface area contributed by atoms with E-state index in [9.17, 15) is 0 Å². The predicted molar refractivity (Wildman–Crippen MR) is 77.8 cm³/mol. The number of pyridine rings is 1. The van der Waals surface area contributed by atoms with Crippen molar-refractivity contribution >= 4 is 22.8 Å².